The van der Waals surface area contributed by atoms with Crippen molar-refractivity contribution in [2.75, 3.05) is 7.11 Å². The van der Waals surface area contributed by atoms with Crippen LogP contribution in [0.15, 0.2) is 0 Å². The lowest BCUT2D eigenvalue weighted by atomic mass is 9.92. The number of ether oxygens (including phenoxy) is 1. The minimum Gasteiger partial charge on any atom is -0.480 e. The summed E-state index contributed by atoms with van der Waals surface area (Å²) in [7, 11) is 1.30. The molecule has 5 nitrogen and oxygen atoms in total. The predicted octanol–water partition coefficient (Wildman–Crippen LogP) is 1.42. The van der Waals surface area contributed by atoms with E-state index in [1.165, 1.54) is 7.11 Å². The van der Waals surface area contributed by atoms with Gasteiger partial charge in [0.05, 0.1) is 7.11 Å². The predicted molar refractivity (Wildman–Crippen MR) is 64.7 cm³/mol. The van der Waals surface area contributed by atoms with Crippen molar-refractivity contribution in [2.24, 2.45) is 5.92 Å². The fraction of sp³-hybridized carbons (Fsp3) is 0.833. The molecule has 100 valence electrons. The average Bonchev–Trinajstić information content (AvgIpc) is 2.24. The van der Waals surface area contributed by atoms with E-state index >= 15 is 0 Å². The van der Waals surface area contributed by atoms with E-state index < -0.39 is 23.5 Å². The number of nitrogens with one attached hydrogen (secondary N) is 1. The first-order valence-corrected chi connectivity index (χ1v) is 5.87. The Hall–Kier alpha value is -1.10. The number of hydrogen-bond acceptors (Lipinski definition) is 4. The van der Waals surface area contributed by atoms with Crippen molar-refractivity contribution < 1.29 is 19.4 Å². The zero-order chi connectivity index (χ0) is 13.6. The van der Waals surface area contributed by atoms with Gasteiger partial charge in [-0.1, -0.05) is 27.2 Å². The Bertz CT molecular complexity index is 278. The number of aliphatic carboxylic acids is 1. The molecular weight excluding hydrogens is 222 g/mol. The molecule has 0 aliphatic heterocycles. The van der Waals surface area contributed by atoms with Gasteiger partial charge in [-0.2, -0.15) is 0 Å². The van der Waals surface area contributed by atoms with E-state index in [2.05, 4.69) is 10.1 Å². The van der Waals surface area contributed by atoms with Gasteiger partial charge >= 0.3 is 11.9 Å². The van der Waals surface area contributed by atoms with Crippen molar-refractivity contribution in [3.05, 3.63) is 0 Å². The molecule has 0 heterocycles. The fourth-order valence-electron chi connectivity index (χ4n) is 1.71. The number of esters is 1. The largest absolute Gasteiger partial charge is 0.480 e. The summed E-state index contributed by atoms with van der Waals surface area (Å²) in [6.07, 6.45) is 1.18. The topological polar surface area (TPSA) is 75.6 Å². The Balaban J connectivity index is 4.93. The van der Waals surface area contributed by atoms with Gasteiger partial charge < -0.3 is 9.84 Å². The normalized spacial score (nSPS) is 16.4. The molecule has 0 rings (SSSR count). The lowest BCUT2D eigenvalue weighted by molar-refractivity contribution is -0.149. The summed E-state index contributed by atoms with van der Waals surface area (Å²) in [6.45, 7) is 7.20. The third kappa shape index (κ3) is 4.34. The van der Waals surface area contributed by atoms with Crippen LogP contribution < -0.4 is 5.32 Å². The molecule has 0 spiro atoms. The molecule has 0 aliphatic rings. The smallest absolute Gasteiger partial charge is 0.323 e. The van der Waals surface area contributed by atoms with Crippen LogP contribution >= 0.6 is 0 Å². The van der Waals surface area contributed by atoms with Crippen molar-refractivity contribution in [1.82, 2.24) is 5.32 Å². The van der Waals surface area contributed by atoms with Crippen LogP contribution in [0.3, 0.4) is 0 Å². The second kappa shape index (κ2) is 6.59. The SMILES string of the molecule is CCCC(C)(NC(C(=O)OC)C(C)C)C(=O)O. The van der Waals surface area contributed by atoms with Crippen LogP contribution in [-0.2, 0) is 14.3 Å². The molecule has 0 amide bonds. The second-order valence-corrected chi connectivity index (χ2v) is 4.78. The Labute approximate surface area is 103 Å². The third-order valence-electron chi connectivity index (χ3n) is 2.82. The summed E-state index contributed by atoms with van der Waals surface area (Å²) in [5.74, 6) is -1.41. The van der Waals surface area contributed by atoms with E-state index in [-0.39, 0.29) is 5.92 Å². The van der Waals surface area contributed by atoms with Crippen LogP contribution in [0.25, 0.3) is 0 Å². The summed E-state index contributed by atoms with van der Waals surface area (Å²) in [4.78, 5) is 22.8. The summed E-state index contributed by atoms with van der Waals surface area (Å²) >= 11 is 0. The molecule has 0 radical (unpaired) electrons. The molecule has 2 atom stereocenters. The molecule has 2 N–H and O–H groups in total. The van der Waals surface area contributed by atoms with Crippen molar-refractivity contribution in [3.63, 3.8) is 0 Å². The monoisotopic (exact) mass is 245 g/mol. The van der Waals surface area contributed by atoms with Gasteiger partial charge in [-0.3, -0.25) is 14.9 Å². The van der Waals surface area contributed by atoms with Crippen LogP contribution in [0.1, 0.15) is 40.5 Å². The van der Waals surface area contributed by atoms with E-state index in [9.17, 15) is 14.7 Å². The molecule has 0 fully saturated rings. The first-order valence-electron chi connectivity index (χ1n) is 5.87. The third-order valence-corrected chi connectivity index (χ3v) is 2.82. The zero-order valence-corrected chi connectivity index (χ0v) is 11.2. The minimum atomic E-state index is -1.10. The van der Waals surface area contributed by atoms with Gasteiger partial charge in [0.2, 0.25) is 0 Å². The molecule has 0 aromatic carbocycles. The molecule has 0 saturated heterocycles. The lowest BCUT2D eigenvalue weighted by Gasteiger charge is -2.31. The Morgan fingerprint density at radius 3 is 2.24 bits per heavy atom. The number of carbonyl (C=O) groups is 2. The summed E-state index contributed by atoms with van der Waals surface area (Å²) in [5.41, 5.74) is -1.10. The van der Waals surface area contributed by atoms with Gasteiger partial charge in [0, 0.05) is 0 Å². The zero-order valence-electron chi connectivity index (χ0n) is 11.2. The van der Waals surface area contributed by atoms with Crippen LogP contribution in [0.4, 0.5) is 0 Å². The second-order valence-electron chi connectivity index (χ2n) is 4.78. The molecule has 0 aliphatic carbocycles. The number of carboxylic acids is 1. The molecule has 17 heavy (non-hydrogen) atoms. The molecule has 0 aromatic rings. The van der Waals surface area contributed by atoms with E-state index in [0.717, 1.165) is 6.42 Å². The number of carboxylic acid groups (broad SMARTS) is 1. The highest BCUT2D eigenvalue weighted by atomic mass is 16.5. The van der Waals surface area contributed by atoms with Crippen LogP contribution in [0.2, 0.25) is 0 Å². The van der Waals surface area contributed by atoms with Crippen LogP contribution in [-0.4, -0.2) is 35.7 Å². The Kier molecular flexibility index (Phi) is 6.16. The average molecular weight is 245 g/mol. The maximum Gasteiger partial charge on any atom is 0.323 e. The van der Waals surface area contributed by atoms with Gasteiger partial charge in [-0.05, 0) is 19.3 Å². The fourth-order valence-corrected chi connectivity index (χ4v) is 1.71. The Morgan fingerprint density at radius 1 is 1.41 bits per heavy atom. The molecule has 0 bridgehead atoms. The minimum absolute atomic E-state index is 0.0296. The molecule has 0 aromatic heterocycles. The summed E-state index contributed by atoms with van der Waals surface area (Å²) < 4.78 is 4.68. The molecule has 5 heteroatoms. The quantitative estimate of drug-likeness (QED) is 0.663. The van der Waals surface area contributed by atoms with Crippen LogP contribution in [0.5, 0.6) is 0 Å². The number of methoxy groups -OCH3 is 1. The number of hydrogen-bond donors (Lipinski definition) is 2. The highest BCUT2D eigenvalue weighted by Gasteiger charge is 2.37. The lowest BCUT2D eigenvalue weighted by Crippen LogP contribution is -2.57. The van der Waals surface area contributed by atoms with Crippen LogP contribution in [0, 0.1) is 5.92 Å². The molecular formula is C12H23NO4. The van der Waals surface area contributed by atoms with Crippen molar-refractivity contribution >= 4 is 11.9 Å². The maximum atomic E-state index is 11.6. The van der Waals surface area contributed by atoms with Gasteiger partial charge in [-0.25, -0.2) is 0 Å². The molecule has 2 unspecified atom stereocenters. The van der Waals surface area contributed by atoms with E-state index in [1.54, 1.807) is 6.92 Å². The van der Waals surface area contributed by atoms with Crippen molar-refractivity contribution in [1.29, 1.82) is 0 Å². The Morgan fingerprint density at radius 2 is 1.94 bits per heavy atom. The first kappa shape index (κ1) is 15.9. The maximum absolute atomic E-state index is 11.6. The highest BCUT2D eigenvalue weighted by Crippen LogP contribution is 2.17. The van der Waals surface area contributed by atoms with Gasteiger partial charge in [0.15, 0.2) is 0 Å². The molecule has 0 saturated carbocycles. The van der Waals surface area contributed by atoms with E-state index in [4.69, 9.17) is 0 Å². The van der Waals surface area contributed by atoms with Gasteiger partial charge in [0.25, 0.3) is 0 Å². The van der Waals surface area contributed by atoms with Crippen molar-refractivity contribution in [3.8, 4) is 0 Å². The van der Waals surface area contributed by atoms with Crippen molar-refractivity contribution in [2.45, 2.75) is 52.1 Å². The van der Waals surface area contributed by atoms with Gasteiger partial charge in [0.1, 0.15) is 11.6 Å². The highest BCUT2D eigenvalue weighted by molar-refractivity contribution is 5.81. The van der Waals surface area contributed by atoms with Gasteiger partial charge in [-0.15, -0.1) is 0 Å². The summed E-state index contributed by atoms with van der Waals surface area (Å²) in [6, 6.07) is -0.604. The number of rotatable bonds is 7. The van der Waals surface area contributed by atoms with E-state index in [1.807, 2.05) is 20.8 Å². The number of carbonyl (C=O) groups excluding carboxylic acids is 1. The van der Waals surface area contributed by atoms with E-state index in [0.29, 0.717) is 6.42 Å². The standard InChI is InChI=1S/C12H23NO4/c1-6-7-12(4,11(15)16)13-9(8(2)3)10(14)17-5/h8-9,13H,6-7H2,1-5H3,(H,15,16). The first-order chi connectivity index (χ1) is 7.78. The summed E-state index contributed by atoms with van der Waals surface area (Å²) in [5, 5.41) is 12.1.